The zero-order chi connectivity index (χ0) is 19.0. The lowest BCUT2D eigenvalue weighted by molar-refractivity contribution is -0.110. The van der Waals surface area contributed by atoms with Crippen molar-refractivity contribution in [2.75, 3.05) is 5.75 Å². The number of nitrogens with one attached hydrogen (secondary N) is 1. The number of rotatable bonds is 5. The average Bonchev–Trinajstić information content (AvgIpc) is 3.15. The van der Waals surface area contributed by atoms with Gasteiger partial charge in [-0.05, 0) is 38.5 Å². The van der Waals surface area contributed by atoms with E-state index in [1.54, 1.807) is 45.0 Å². The smallest absolute Gasteiger partial charge is 0.408 e. The van der Waals surface area contributed by atoms with Gasteiger partial charge in [-0.3, -0.25) is 0 Å². The third-order valence-electron chi connectivity index (χ3n) is 4.11. The summed E-state index contributed by atoms with van der Waals surface area (Å²) >= 11 is 3.32. The number of sulfone groups is 1. The summed E-state index contributed by atoms with van der Waals surface area (Å²) in [5.41, 5.74) is -1.59. The lowest BCUT2D eigenvalue weighted by atomic mass is 10.1. The Morgan fingerprint density at radius 1 is 1.32 bits per heavy atom. The third-order valence-corrected chi connectivity index (χ3v) is 6.88. The van der Waals surface area contributed by atoms with Crippen LogP contribution in [0.25, 0.3) is 0 Å². The number of alkyl carbamates (subject to hydrolysis) is 1. The average molecular weight is 432 g/mol. The zero-order valence-electron chi connectivity index (χ0n) is 14.6. The second kappa shape index (κ2) is 6.72. The molecule has 3 atom stereocenters. The molecule has 1 aromatic carbocycles. The molecule has 1 aliphatic carbocycles. The van der Waals surface area contributed by atoms with Crippen molar-refractivity contribution in [3.8, 4) is 0 Å². The molecule has 0 unspecified atom stereocenters. The Morgan fingerprint density at radius 2 is 1.88 bits per heavy atom. The summed E-state index contributed by atoms with van der Waals surface area (Å²) in [5, 5.41) is 1.50. The van der Waals surface area contributed by atoms with Crippen molar-refractivity contribution < 1.29 is 22.7 Å². The van der Waals surface area contributed by atoms with Crippen molar-refractivity contribution in [3.05, 3.63) is 34.3 Å². The van der Waals surface area contributed by atoms with Crippen molar-refractivity contribution >= 4 is 38.1 Å². The predicted molar refractivity (Wildman–Crippen MR) is 98.3 cm³/mol. The van der Waals surface area contributed by atoms with Crippen LogP contribution in [0, 0.1) is 0 Å². The van der Waals surface area contributed by atoms with E-state index in [0.29, 0.717) is 11.8 Å². The van der Waals surface area contributed by atoms with Gasteiger partial charge >= 0.3 is 6.09 Å². The molecule has 1 aromatic rings. The molecular weight excluding hydrogens is 410 g/mol. The number of aldehydes is 1. The molecule has 0 aromatic heterocycles. The minimum absolute atomic E-state index is 0.115. The largest absolute Gasteiger partial charge is 0.444 e. The summed E-state index contributed by atoms with van der Waals surface area (Å²) in [4.78, 5) is 24.0. The summed E-state index contributed by atoms with van der Waals surface area (Å²) in [6, 6.07) is 7.03. The number of carbonyl (C=O) groups is 2. The van der Waals surface area contributed by atoms with E-state index < -0.39 is 38.2 Å². The lowest BCUT2D eigenvalue weighted by Crippen LogP contribution is -2.45. The van der Waals surface area contributed by atoms with Crippen molar-refractivity contribution in [2.24, 2.45) is 0 Å². The Kier molecular flexibility index (Phi) is 5.35. The van der Waals surface area contributed by atoms with Gasteiger partial charge in [0.25, 0.3) is 0 Å². The van der Waals surface area contributed by atoms with Crippen LogP contribution in [0.1, 0.15) is 39.2 Å². The molecule has 0 spiro atoms. The summed E-state index contributed by atoms with van der Waals surface area (Å²) < 4.78 is 31.0. The van der Waals surface area contributed by atoms with Crippen LogP contribution >= 0.6 is 15.9 Å². The highest BCUT2D eigenvalue weighted by Crippen LogP contribution is 2.55. The SMILES string of the molecule is CCS(=O)(=O)[C@@H]1[C@@H](c2ccc(Br)cc2)[C@]1(C=O)NC(=O)OC(C)(C)C. The highest BCUT2D eigenvalue weighted by Gasteiger charge is 2.72. The summed E-state index contributed by atoms with van der Waals surface area (Å²) in [6.45, 7) is 6.61. The van der Waals surface area contributed by atoms with Gasteiger partial charge in [0.2, 0.25) is 0 Å². The van der Waals surface area contributed by atoms with Gasteiger partial charge < -0.3 is 14.8 Å². The fraction of sp³-hybridized carbons (Fsp3) is 0.529. The van der Waals surface area contributed by atoms with E-state index in [9.17, 15) is 18.0 Å². The molecule has 0 saturated heterocycles. The maximum absolute atomic E-state index is 12.5. The van der Waals surface area contributed by atoms with E-state index in [0.717, 1.165) is 4.47 Å². The van der Waals surface area contributed by atoms with Gasteiger partial charge in [0.15, 0.2) is 9.84 Å². The molecule has 0 radical (unpaired) electrons. The number of carbonyl (C=O) groups excluding carboxylic acids is 2. The zero-order valence-corrected chi connectivity index (χ0v) is 17.0. The number of benzene rings is 1. The normalized spacial score (nSPS) is 26.0. The molecule has 1 saturated carbocycles. The molecule has 1 N–H and O–H groups in total. The molecule has 1 aliphatic rings. The molecule has 6 nitrogen and oxygen atoms in total. The van der Waals surface area contributed by atoms with Crippen molar-refractivity contribution in [1.82, 2.24) is 5.32 Å². The van der Waals surface area contributed by atoms with E-state index in [1.807, 2.05) is 0 Å². The molecule has 0 aliphatic heterocycles. The Bertz CT molecular complexity index is 769. The lowest BCUT2D eigenvalue weighted by Gasteiger charge is -2.22. The van der Waals surface area contributed by atoms with E-state index in [2.05, 4.69) is 21.2 Å². The van der Waals surface area contributed by atoms with Crippen molar-refractivity contribution in [3.63, 3.8) is 0 Å². The number of halogens is 1. The van der Waals surface area contributed by atoms with Gasteiger partial charge in [-0.2, -0.15) is 0 Å². The van der Waals surface area contributed by atoms with Crippen LogP contribution in [-0.4, -0.2) is 42.9 Å². The van der Waals surface area contributed by atoms with Crippen LogP contribution in [-0.2, 0) is 19.4 Å². The van der Waals surface area contributed by atoms with Gasteiger partial charge in [-0.15, -0.1) is 0 Å². The van der Waals surface area contributed by atoms with Gasteiger partial charge in [0, 0.05) is 16.1 Å². The molecule has 1 amide bonds. The highest BCUT2D eigenvalue weighted by atomic mass is 79.9. The van der Waals surface area contributed by atoms with E-state index in [4.69, 9.17) is 4.74 Å². The van der Waals surface area contributed by atoms with E-state index in [-0.39, 0.29) is 5.75 Å². The summed E-state index contributed by atoms with van der Waals surface area (Å²) in [6.07, 6.45) is -0.294. The first-order valence-corrected chi connectivity index (χ1v) is 10.4. The number of ether oxygens (including phenoxy) is 1. The van der Waals surface area contributed by atoms with Gasteiger partial charge in [0.05, 0.1) is 0 Å². The highest BCUT2D eigenvalue weighted by molar-refractivity contribution is 9.10. The summed E-state index contributed by atoms with van der Waals surface area (Å²) in [5.74, 6) is -0.758. The standard InChI is InChI=1S/C17H22BrNO5S/c1-5-25(22,23)14-13(11-6-8-12(18)9-7-11)17(14,10-20)19-15(21)24-16(2,3)4/h6-10,13-14H,5H2,1-4H3,(H,19,21)/t13-,14-,17+/m1/s1. The molecular formula is C17H22BrNO5S. The van der Waals surface area contributed by atoms with E-state index >= 15 is 0 Å². The molecule has 1 fully saturated rings. The minimum atomic E-state index is -3.55. The van der Waals surface area contributed by atoms with Crippen LogP contribution in [0.5, 0.6) is 0 Å². The molecule has 25 heavy (non-hydrogen) atoms. The fourth-order valence-electron chi connectivity index (χ4n) is 2.98. The van der Waals surface area contributed by atoms with Gasteiger partial charge in [-0.25, -0.2) is 13.2 Å². The molecule has 8 heteroatoms. The third kappa shape index (κ3) is 4.06. The first-order chi connectivity index (χ1) is 11.5. The topological polar surface area (TPSA) is 89.5 Å². The predicted octanol–water partition coefficient (Wildman–Crippen LogP) is 2.81. The molecule has 138 valence electrons. The van der Waals surface area contributed by atoms with Crippen LogP contribution in [0.2, 0.25) is 0 Å². The Morgan fingerprint density at radius 3 is 2.32 bits per heavy atom. The van der Waals surface area contributed by atoms with Gasteiger partial charge in [-0.1, -0.05) is 35.0 Å². The first kappa shape index (κ1) is 19.9. The molecule has 0 bridgehead atoms. The number of hydrogen-bond acceptors (Lipinski definition) is 5. The Labute approximate surface area is 156 Å². The quantitative estimate of drug-likeness (QED) is 0.723. The maximum Gasteiger partial charge on any atom is 0.408 e. The monoisotopic (exact) mass is 431 g/mol. The maximum atomic E-state index is 12.5. The van der Waals surface area contributed by atoms with Crippen LogP contribution < -0.4 is 5.32 Å². The number of hydrogen-bond donors (Lipinski definition) is 1. The van der Waals surface area contributed by atoms with Crippen molar-refractivity contribution in [1.29, 1.82) is 0 Å². The minimum Gasteiger partial charge on any atom is -0.444 e. The molecule has 2 rings (SSSR count). The Hall–Kier alpha value is -1.41. The van der Waals surface area contributed by atoms with Crippen LogP contribution in [0.15, 0.2) is 28.7 Å². The van der Waals surface area contributed by atoms with E-state index in [1.165, 1.54) is 6.92 Å². The second-order valence-electron chi connectivity index (χ2n) is 7.08. The first-order valence-electron chi connectivity index (χ1n) is 7.91. The fourth-order valence-corrected chi connectivity index (χ4v) is 5.18. The molecule has 0 heterocycles. The van der Waals surface area contributed by atoms with Crippen LogP contribution in [0.4, 0.5) is 4.79 Å². The van der Waals surface area contributed by atoms with Crippen molar-refractivity contribution in [2.45, 2.75) is 50.0 Å². The number of amides is 1. The second-order valence-corrected chi connectivity index (χ2v) is 10.4. The summed E-state index contributed by atoms with van der Waals surface area (Å²) in [7, 11) is -3.55. The Balaban J connectivity index is 2.40. The van der Waals surface area contributed by atoms with Crippen LogP contribution in [0.3, 0.4) is 0 Å². The van der Waals surface area contributed by atoms with Gasteiger partial charge in [0.1, 0.15) is 22.7 Å².